The van der Waals surface area contributed by atoms with Crippen molar-refractivity contribution in [2.45, 2.75) is 15.8 Å². The highest BCUT2D eigenvalue weighted by molar-refractivity contribution is 8.01. The third kappa shape index (κ3) is 5.13. The number of β-lactam (4-membered cyclic amide) rings is 1. The molecule has 2 aliphatic rings. The van der Waals surface area contributed by atoms with Crippen molar-refractivity contribution in [3.63, 3.8) is 0 Å². The largest absolute Gasteiger partial charge is 0.477 e. The lowest BCUT2D eigenvalue weighted by molar-refractivity contribution is -0.150. The van der Waals surface area contributed by atoms with Crippen molar-refractivity contribution in [3.8, 4) is 0 Å². The van der Waals surface area contributed by atoms with E-state index in [0.717, 1.165) is 11.3 Å². The van der Waals surface area contributed by atoms with E-state index in [-0.39, 0.29) is 26.6 Å². The zero-order chi connectivity index (χ0) is 25.1. The molecule has 2 atom stereocenters. The molecule has 0 bridgehead atoms. The van der Waals surface area contributed by atoms with Gasteiger partial charge in [-0.3, -0.25) is 19.3 Å². The van der Waals surface area contributed by atoms with Gasteiger partial charge >= 0.3 is 5.97 Å². The summed E-state index contributed by atoms with van der Waals surface area (Å²) in [7, 11) is 1.22. The number of nitrogens with zero attached hydrogens (tertiary/aromatic N) is 5. The minimum atomic E-state index is -1.23. The van der Waals surface area contributed by atoms with Gasteiger partial charge in [-0.1, -0.05) is 51.2 Å². The Hall–Kier alpha value is -2.73. The summed E-state index contributed by atoms with van der Waals surface area (Å²) in [6, 6.07) is -0.994. The number of nitrogens with one attached hydrogen (secondary N) is 2. The standard InChI is InChI=1S/C17H14ClN7O6S4/c1-31-24-8(7-11(18)35-16(22-7)19-4-26)12(27)21-9-13(28)25-10(15(29)30)6(2-32-14(9)25)3-33-17-23-20-5-34-17/h4-5,9,14H,2-3H2,1H3,(H,21,27)(H,29,30)(H,19,22,26)/t9?,14-/m1/s1. The van der Waals surface area contributed by atoms with E-state index < -0.39 is 29.2 Å². The number of halogens is 1. The minimum Gasteiger partial charge on any atom is -0.477 e. The Balaban J connectivity index is 1.50. The van der Waals surface area contributed by atoms with Gasteiger partial charge in [-0.2, -0.15) is 0 Å². The van der Waals surface area contributed by atoms with Crippen LogP contribution in [0.2, 0.25) is 4.34 Å². The van der Waals surface area contributed by atoms with E-state index in [0.29, 0.717) is 27.8 Å². The molecule has 184 valence electrons. The molecule has 3 N–H and O–H groups in total. The number of fused-ring (bicyclic) bond motifs is 1. The van der Waals surface area contributed by atoms with E-state index >= 15 is 0 Å². The van der Waals surface area contributed by atoms with Gasteiger partial charge in [-0.25, -0.2) is 9.78 Å². The van der Waals surface area contributed by atoms with E-state index in [2.05, 4.69) is 31.0 Å². The van der Waals surface area contributed by atoms with Gasteiger partial charge in [-0.15, -0.1) is 22.0 Å². The summed E-state index contributed by atoms with van der Waals surface area (Å²) in [6.45, 7) is 0. The van der Waals surface area contributed by atoms with Crippen LogP contribution < -0.4 is 10.6 Å². The molecule has 0 spiro atoms. The van der Waals surface area contributed by atoms with Crippen molar-refractivity contribution in [1.82, 2.24) is 25.4 Å². The van der Waals surface area contributed by atoms with Crippen LogP contribution in [0.1, 0.15) is 5.69 Å². The number of hydrogen-bond donors (Lipinski definition) is 3. The second-order valence-corrected chi connectivity index (χ2v) is 11.4. The highest BCUT2D eigenvalue weighted by Crippen LogP contribution is 2.41. The fourth-order valence-electron chi connectivity index (χ4n) is 3.22. The molecule has 0 radical (unpaired) electrons. The van der Waals surface area contributed by atoms with Crippen LogP contribution in [-0.4, -0.2) is 85.1 Å². The van der Waals surface area contributed by atoms with Crippen molar-refractivity contribution < 1.29 is 29.1 Å². The molecule has 4 heterocycles. The van der Waals surface area contributed by atoms with Gasteiger partial charge in [0.1, 0.15) is 39.8 Å². The number of hydrogen-bond acceptors (Lipinski definition) is 13. The first kappa shape index (κ1) is 25.4. The Morgan fingerprint density at radius 3 is 2.94 bits per heavy atom. The summed E-state index contributed by atoms with van der Waals surface area (Å²) in [5, 5.41) is 25.5. The van der Waals surface area contributed by atoms with Crippen molar-refractivity contribution in [2.24, 2.45) is 5.16 Å². The predicted molar refractivity (Wildman–Crippen MR) is 131 cm³/mol. The molecule has 13 nitrogen and oxygen atoms in total. The molecule has 35 heavy (non-hydrogen) atoms. The minimum absolute atomic E-state index is 0.0394. The van der Waals surface area contributed by atoms with Crippen LogP contribution in [0.25, 0.3) is 0 Å². The van der Waals surface area contributed by atoms with Crippen molar-refractivity contribution in [3.05, 3.63) is 26.8 Å². The maximum Gasteiger partial charge on any atom is 0.352 e. The number of carbonyl (C=O) groups is 4. The average molecular weight is 576 g/mol. The van der Waals surface area contributed by atoms with Gasteiger partial charge in [0.25, 0.3) is 11.8 Å². The maximum atomic E-state index is 13.0. The van der Waals surface area contributed by atoms with Gasteiger partial charge in [0.05, 0.1) is 0 Å². The molecule has 0 aliphatic carbocycles. The van der Waals surface area contributed by atoms with E-state index in [9.17, 15) is 24.3 Å². The predicted octanol–water partition coefficient (Wildman–Crippen LogP) is 1.10. The van der Waals surface area contributed by atoms with Crippen LogP contribution in [0, 0.1) is 0 Å². The van der Waals surface area contributed by atoms with Crippen LogP contribution in [0.3, 0.4) is 0 Å². The van der Waals surface area contributed by atoms with Gasteiger partial charge < -0.3 is 20.6 Å². The van der Waals surface area contributed by atoms with Gasteiger partial charge in [0, 0.05) is 11.5 Å². The number of aromatic nitrogens is 3. The molecule has 4 rings (SSSR count). The number of anilines is 1. The maximum absolute atomic E-state index is 13.0. The van der Waals surface area contributed by atoms with Crippen molar-refractivity contribution in [2.75, 3.05) is 23.9 Å². The topological polar surface area (TPSA) is 176 Å². The lowest BCUT2D eigenvalue weighted by Crippen LogP contribution is -2.71. The Morgan fingerprint density at radius 1 is 1.49 bits per heavy atom. The average Bonchev–Trinajstić information content (AvgIpc) is 3.48. The van der Waals surface area contributed by atoms with Crippen LogP contribution in [0.4, 0.5) is 5.13 Å². The summed E-state index contributed by atoms with van der Waals surface area (Å²) in [5.41, 5.74) is 1.71. The van der Waals surface area contributed by atoms with Gasteiger partial charge in [-0.05, 0) is 5.57 Å². The molecular weight excluding hydrogens is 562 g/mol. The summed E-state index contributed by atoms with van der Waals surface area (Å²) < 4.78 is 0.758. The van der Waals surface area contributed by atoms with Crippen LogP contribution >= 0.6 is 57.8 Å². The number of rotatable bonds is 10. The Labute approximate surface area is 218 Å². The zero-order valence-corrected chi connectivity index (χ0v) is 21.5. The van der Waals surface area contributed by atoms with E-state index in [1.54, 1.807) is 5.51 Å². The third-order valence-corrected chi connectivity index (χ3v) is 9.11. The van der Waals surface area contributed by atoms with Gasteiger partial charge in [0.15, 0.2) is 15.2 Å². The monoisotopic (exact) mass is 575 g/mol. The lowest BCUT2D eigenvalue weighted by Gasteiger charge is -2.49. The molecular formula is C17H14ClN7O6S4. The number of carbonyl (C=O) groups excluding carboxylic acids is 3. The van der Waals surface area contributed by atoms with E-state index in [1.807, 2.05) is 0 Å². The number of carboxylic acid groups (broad SMARTS) is 1. The summed E-state index contributed by atoms with van der Waals surface area (Å²) in [5.74, 6) is -1.91. The quantitative estimate of drug-likeness (QED) is 0.121. The smallest absolute Gasteiger partial charge is 0.352 e. The number of amides is 3. The first-order valence-corrected chi connectivity index (χ1v) is 13.5. The van der Waals surface area contributed by atoms with E-state index in [1.165, 1.54) is 46.9 Å². The number of oxime groups is 1. The second-order valence-electron chi connectivity index (χ2n) is 6.64. The molecule has 1 saturated heterocycles. The molecule has 0 saturated carbocycles. The van der Waals surface area contributed by atoms with E-state index in [4.69, 9.17) is 16.4 Å². The molecule has 2 aromatic rings. The number of thiazole rings is 1. The highest BCUT2D eigenvalue weighted by Gasteiger charge is 2.54. The summed E-state index contributed by atoms with van der Waals surface area (Å²) in [6.07, 6.45) is 0.405. The van der Waals surface area contributed by atoms with Crippen molar-refractivity contribution >= 4 is 92.8 Å². The SMILES string of the molecule is CON=C(C(=O)NC1C(=O)N2C(C(=O)O)=C(CSc3nncs3)CS[C@H]12)c1nc(NC=O)sc1Cl. The lowest BCUT2D eigenvalue weighted by atomic mass is 10.0. The highest BCUT2D eigenvalue weighted by atomic mass is 35.5. The third-order valence-electron chi connectivity index (χ3n) is 4.64. The van der Waals surface area contributed by atoms with Crippen LogP contribution in [0.15, 0.2) is 26.3 Å². The molecule has 2 aliphatic heterocycles. The molecule has 18 heteroatoms. The zero-order valence-electron chi connectivity index (χ0n) is 17.5. The number of carboxylic acids is 1. The second kappa shape index (κ2) is 10.9. The first-order valence-electron chi connectivity index (χ1n) is 9.43. The Kier molecular flexibility index (Phi) is 7.90. The van der Waals surface area contributed by atoms with Crippen LogP contribution in [0.5, 0.6) is 0 Å². The number of aliphatic carboxylic acids is 1. The normalized spacial score (nSPS) is 19.7. The van der Waals surface area contributed by atoms with Crippen molar-refractivity contribution in [1.29, 1.82) is 0 Å². The number of thioether (sulfide) groups is 2. The summed E-state index contributed by atoms with van der Waals surface area (Å²) in [4.78, 5) is 58.5. The molecule has 1 unspecified atom stereocenters. The Morgan fingerprint density at radius 2 is 2.29 bits per heavy atom. The first-order chi connectivity index (χ1) is 16.8. The molecule has 3 amide bonds. The van der Waals surface area contributed by atoms with Crippen LogP contribution in [-0.2, 0) is 24.0 Å². The van der Waals surface area contributed by atoms with Gasteiger partial charge in [0.2, 0.25) is 6.41 Å². The molecule has 1 fully saturated rings. The fourth-order valence-corrected chi connectivity index (χ4v) is 7.20. The Bertz CT molecular complexity index is 1230. The molecule has 2 aromatic heterocycles. The molecule has 0 aromatic carbocycles. The summed E-state index contributed by atoms with van der Waals surface area (Å²) >= 11 is 11.1. The fraction of sp³-hybridized carbons (Fsp3) is 0.294.